The molecule has 0 spiro atoms. The van der Waals surface area contributed by atoms with Gasteiger partial charge in [0, 0.05) is 33.0 Å². The van der Waals surface area contributed by atoms with Crippen LogP contribution in [0.4, 0.5) is 5.69 Å². The van der Waals surface area contributed by atoms with Crippen molar-refractivity contribution in [3.05, 3.63) is 174 Å². The lowest BCUT2D eigenvalue weighted by molar-refractivity contribution is 1.18. The monoisotopic (exact) mass is 635 g/mol. The van der Waals surface area contributed by atoms with Gasteiger partial charge in [-0.05, 0) is 77.2 Å². The van der Waals surface area contributed by atoms with E-state index in [1.165, 1.54) is 0 Å². The minimum absolute atomic E-state index is 0.594. The van der Waals surface area contributed by atoms with Crippen LogP contribution >= 0.6 is 0 Å². The summed E-state index contributed by atoms with van der Waals surface area (Å²) >= 11 is 0. The van der Waals surface area contributed by atoms with E-state index in [2.05, 4.69) is 98.9 Å². The number of fused-ring (bicyclic) bond motifs is 6. The van der Waals surface area contributed by atoms with E-state index in [-0.39, 0.29) is 0 Å². The van der Waals surface area contributed by atoms with Gasteiger partial charge in [-0.1, -0.05) is 91.0 Å². The van der Waals surface area contributed by atoms with Gasteiger partial charge in [-0.15, -0.1) is 0 Å². The summed E-state index contributed by atoms with van der Waals surface area (Å²) in [4.78, 5) is 3.66. The minimum atomic E-state index is 0.594. The van der Waals surface area contributed by atoms with Crippen LogP contribution in [0.3, 0.4) is 0 Å². The SMILES string of the molecule is [C-]#[N+]c1ccc2c(c1)c1ccccc1n2-c1ccc(C#N)c(-c2ccc(-c3ccccc3-n3c4ccccc4c4c(C#N)cccc43)cc2)c1. The molecule has 0 fully saturated rings. The van der Waals surface area contributed by atoms with Crippen molar-refractivity contribution in [3.63, 3.8) is 0 Å². The van der Waals surface area contributed by atoms with Gasteiger partial charge >= 0.3 is 0 Å². The molecular weight excluding hydrogens is 611 g/mol. The van der Waals surface area contributed by atoms with Gasteiger partial charge in [0.25, 0.3) is 0 Å². The summed E-state index contributed by atoms with van der Waals surface area (Å²) in [6, 6.07) is 55.7. The van der Waals surface area contributed by atoms with Crippen LogP contribution in [0.5, 0.6) is 0 Å². The van der Waals surface area contributed by atoms with Crippen LogP contribution in [0, 0.1) is 29.2 Å². The van der Waals surface area contributed by atoms with Crippen molar-refractivity contribution in [2.24, 2.45) is 0 Å². The molecule has 2 aromatic heterocycles. The molecule has 50 heavy (non-hydrogen) atoms. The number of hydrogen-bond acceptors (Lipinski definition) is 2. The Hall–Kier alpha value is -7.39. The Balaban J connectivity index is 1.18. The molecule has 0 aliphatic heterocycles. The fourth-order valence-corrected chi connectivity index (χ4v) is 7.43. The molecular formula is C45H25N5. The molecule has 0 unspecified atom stereocenters. The van der Waals surface area contributed by atoms with E-state index >= 15 is 0 Å². The third-order valence-corrected chi connectivity index (χ3v) is 9.64. The molecule has 0 aliphatic rings. The largest absolute Gasteiger partial charge is 0.309 e. The molecule has 0 N–H and O–H groups in total. The highest BCUT2D eigenvalue weighted by molar-refractivity contribution is 6.12. The Labute approximate surface area is 288 Å². The Morgan fingerprint density at radius 3 is 1.88 bits per heavy atom. The zero-order valence-corrected chi connectivity index (χ0v) is 26.7. The molecule has 0 saturated heterocycles. The van der Waals surface area contributed by atoms with Gasteiger partial charge in [0.05, 0.1) is 57.6 Å². The second-order valence-electron chi connectivity index (χ2n) is 12.3. The van der Waals surface area contributed by atoms with E-state index in [0.29, 0.717) is 16.8 Å². The molecule has 0 aliphatic carbocycles. The lowest BCUT2D eigenvalue weighted by Crippen LogP contribution is -1.97. The maximum atomic E-state index is 10.2. The summed E-state index contributed by atoms with van der Waals surface area (Å²) in [5, 5.41) is 24.2. The summed E-state index contributed by atoms with van der Waals surface area (Å²) in [6.07, 6.45) is 0. The van der Waals surface area contributed by atoms with E-state index in [1.54, 1.807) is 0 Å². The normalized spacial score (nSPS) is 11.1. The highest BCUT2D eigenvalue weighted by Crippen LogP contribution is 2.39. The van der Waals surface area contributed by atoms with Gasteiger partial charge in [-0.25, -0.2) is 4.85 Å². The second-order valence-corrected chi connectivity index (χ2v) is 12.3. The number of hydrogen-bond donors (Lipinski definition) is 0. The maximum absolute atomic E-state index is 10.2. The summed E-state index contributed by atoms with van der Waals surface area (Å²) < 4.78 is 4.45. The lowest BCUT2D eigenvalue weighted by Gasteiger charge is -2.15. The molecule has 0 saturated carbocycles. The average Bonchev–Trinajstić information content (AvgIpc) is 3.70. The molecule has 0 amide bonds. The van der Waals surface area contributed by atoms with E-state index in [1.807, 2.05) is 78.9 Å². The third-order valence-electron chi connectivity index (χ3n) is 9.64. The highest BCUT2D eigenvalue weighted by Gasteiger charge is 2.18. The van der Waals surface area contributed by atoms with Crippen LogP contribution in [0.1, 0.15) is 11.1 Å². The minimum Gasteiger partial charge on any atom is -0.309 e. The second kappa shape index (κ2) is 11.4. The van der Waals surface area contributed by atoms with Gasteiger partial charge in [0.15, 0.2) is 5.69 Å². The first-order valence-corrected chi connectivity index (χ1v) is 16.3. The first-order valence-electron chi connectivity index (χ1n) is 16.3. The Morgan fingerprint density at radius 1 is 0.480 bits per heavy atom. The van der Waals surface area contributed by atoms with Gasteiger partial charge < -0.3 is 9.13 Å². The van der Waals surface area contributed by atoms with Crippen molar-refractivity contribution in [2.75, 3.05) is 0 Å². The van der Waals surface area contributed by atoms with Crippen molar-refractivity contribution in [2.45, 2.75) is 0 Å². The van der Waals surface area contributed by atoms with E-state index in [4.69, 9.17) is 6.57 Å². The molecule has 0 bridgehead atoms. The summed E-state index contributed by atoms with van der Waals surface area (Å²) in [5.41, 5.74) is 11.8. The molecule has 0 radical (unpaired) electrons. The van der Waals surface area contributed by atoms with Crippen molar-refractivity contribution in [1.82, 2.24) is 9.13 Å². The Morgan fingerprint density at radius 2 is 1.12 bits per heavy atom. The number of para-hydroxylation sites is 3. The molecule has 2 heterocycles. The smallest absolute Gasteiger partial charge is 0.188 e. The number of rotatable bonds is 4. The fourth-order valence-electron chi connectivity index (χ4n) is 7.43. The van der Waals surface area contributed by atoms with Crippen molar-refractivity contribution in [3.8, 4) is 45.8 Å². The van der Waals surface area contributed by atoms with E-state index in [0.717, 1.165) is 77.2 Å². The molecule has 5 heteroatoms. The zero-order valence-electron chi connectivity index (χ0n) is 26.7. The van der Waals surface area contributed by atoms with Gasteiger partial charge in [-0.3, -0.25) is 0 Å². The van der Waals surface area contributed by atoms with Gasteiger partial charge in [0.1, 0.15) is 0 Å². The van der Waals surface area contributed by atoms with Crippen LogP contribution < -0.4 is 0 Å². The topological polar surface area (TPSA) is 61.8 Å². The zero-order chi connectivity index (χ0) is 33.8. The molecule has 230 valence electrons. The maximum Gasteiger partial charge on any atom is 0.188 e. The van der Waals surface area contributed by atoms with Crippen molar-refractivity contribution < 1.29 is 0 Å². The van der Waals surface area contributed by atoms with Crippen LogP contribution in [0.15, 0.2) is 152 Å². The highest BCUT2D eigenvalue weighted by atomic mass is 15.0. The van der Waals surface area contributed by atoms with E-state index in [9.17, 15) is 10.5 Å². The standard InChI is InChI=1S/C45H25N5/c1-48-33-22-24-43-39(25-33)36-11-3-6-14-41(36)49(43)34-23-21-31(27-46)38(26-34)30-19-17-29(18-20-30)35-10-2-5-13-40(35)50-42-15-7-4-12-37(42)45-32(28-47)9-8-16-44(45)50/h2-26H. The molecule has 9 aromatic rings. The Bertz CT molecular complexity index is 2960. The first-order chi connectivity index (χ1) is 24.7. The molecule has 7 aromatic carbocycles. The number of nitrogens with zero attached hydrogens (tertiary/aromatic N) is 5. The number of nitriles is 2. The predicted octanol–water partition coefficient (Wildman–Crippen LogP) is 11.5. The van der Waals surface area contributed by atoms with Gasteiger partial charge in [-0.2, -0.15) is 10.5 Å². The average molecular weight is 636 g/mol. The van der Waals surface area contributed by atoms with Gasteiger partial charge in [0.2, 0.25) is 0 Å². The molecule has 9 rings (SSSR count). The third kappa shape index (κ3) is 4.31. The lowest BCUT2D eigenvalue weighted by atomic mass is 9.96. The van der Waals surface area contributed by atoms with Crippen molar-refractivity contribution >= 4 is 49.3 Å². The molecule has 5 nitrogen and oxygen atoms in total. The van der Waals surface area contributed by atoms with E-state index < -0.39 is 0 Å². The van der Waals surface area contributed by atoms with Crippen LogP contribution in [-0.2, 0) is 0 Å². The Kier molecular flexibility index (Phi) is 6.56. The van der Waals surface area contributed by atoms with Crippen LogP contribution in [0.25, 0.3) is 82.1 Å². The van der Waals surface area contributed by atoms with Crippen molar-refractivity contribution in [1.29, 1.82) is 10.5 Å². The predicted molar refractivity (Wildman–Crippen MR) is 202 cm³/mol. The number of aromatic nitrogens is 2. The number of benzene rings is 7. The summed E-state index contributed by atoms with van der Waals surface area (Å²) in [5.74, 6) is 0. The first kappa shape index (κ1) is 28.8. The fraction of sp³-hybridized carbons (Fsp3) is 0. The molecule has 0 atom stereocenters. The summed E-state index contributed by atoms with van der Waals surface area (Å²) in [7, 11) is 0. The van der Waals surface area contributed by atoms with Crippen LogP contribution in [-0.4, -0.2) is 9.13 Å². The van der Waals surface area contributed by atoms with Crippen LogP contribution in [0.2, 0.25) is 0 Å². The quantitative estimate of drug-likeness (QED) is 0.181. The summed E-state index contributed by atoms with van der Waals surface area (Å²) in [6.45, 7) is 7.54.